The van der Waals surface area contributed by atoms with Gasteiger partial charge in [0, 0.05) is 16.1 Å². The van der Waals surface area contributed by atoms with Gasteiger partial charge >= 0.3 is 0 Å². The molecule has 7 heteroatoms. The fourth-order valence-corrected chi connectivity index (χ4v) is 5.25. The Morgan fingerprint density at radius 2 is 1.81 bits per heavy atom. The highest BCUT2D eigenvalue weighted by Gasteiger charge is 2.29. The number of fused-ring (bicyclic) bond motifs is 1. The summed E-state index contributed by atoms with van der Waals surface area (Å²) in [7, 11) is -2.40. The summed E-state index contributed by atoms with van der Waals surface area (Å²) >= 11 is 1.45. The maximum Gasteiger partial charge on any atom is 0.244 e. The molecule has 0 amide bonds. The van der Waals surface area contributed by atoms with Gasteiger partial charge in [-0.05, 0) is 61.5 Å². The zero-order valence-corrected chi connectivity index (χ0v) is 17.4. The number of thiophene rings is 1. The smallest absolute Gasteiger partial charge is 0.244 e. The van der Waals surface area contributed by atoms with Crippen molar-refractivity contribution in [3.05, 3.63) is 58.5 Å². The van der Waals surface area contributed by atoms with Crippen LogP contribution in [0.15, 0.2) is 47.4 Å². The maximum atomic E-state index is 12.8. The average Bonchev–Trinajstić information content (AvgIpc) is 3.07. The van der Waals surface area contributed by atoms with Crippen LogP contribution in [0.25, 0.3) is 10.1 Å². The van der Waals surface area contributed by atoms with Gasteiger partial charge in [0.15, 0.2) is 0 Å². The van der Waals surface area contributed by atoms with E-state index >= 15 is 0 Å². The average molecular weight is 406 g/mol. The lowest BCUT2D eigenvalue weighted by molar-refractivity contribution is 0.0666. The number of hydrogen-bond donors (Lipinski definition) is 2. The second-order valence-electron chi connectivity index (χ2n) is 6.83. The first-order chi connectivity index (χ1) is 12.6. The monoisotopic (exact) mass is 405 g/mol. The molecule has 0 aliphatic rings. The van der Waals surface area contributed by atoms with E-state index in [-0.39, 0.29) is 17.2 Å². The normalized spacial score (nSPS) is 14.3. The Hall–Kier alpha value is -1.93. The van der Waals surface area contributed by atoms with Crippen LogP contribution in [0.1, 0.15) is 22.9 Å². The van der Waals surface area contributed by atoms with Crippen LogP contribution in [0.3, 0.4) is 0 Å². The third-order valence-corrected chi connectivity index (χ3v) is 7.42. The van der Waals surface area contributed by atoms with E-state index in [1.54, 1.807) is 19.1 Å². The Labute approximate surface area is 163 Å². The second-order valence-corrected chi connectivity index (χ2v) is 9.65. The molecule has 2 aromatic carbocycles. The van der Waals surface area contributed by atoms with Crippen molar-refractivity contribution in [3.63, 3.8) is 0 Å². The van der Waals surface area contributed by atoms with Gasteiger partial charge in [-0.1, -0.05) is 18.2 Å². The number of aryl methyl sites for hydroxylation is 2. The van der Waals surface area contributed by atoms with Crippen LogP contribution in [0.5, 0.6) is 5.75 Å². The van der Waals surface area contributed by atoms with Gasteiger partial charge in [-0.3, -0.25) is 0 Å². The maximum absolute atomic E-state index is 12.8. The van der Waals surface area contributed by atoms with Gasteiger partial charge in [0.2, 0.25) is 10.0 Å². The summed E-state index contributed by atoms with van der Waals surface area (Å²) in [6.07, 6.45) is 0. The predicted octanol–water partition coefficient (Wildman–Crippen LogP) is 3.71. The molecule has 144 valence electrons. The van der Waals surface area contributed by atoms with E-state index in [9.17, 15) is 13.5 Å². The first-order valence-electron chi connectivity index (χ1n) is 8.50. The highest BCUT2D eigenvalue weighted by molar-refractivity contribution is 7.89. The van der Waals surface area contributed by atoms with Crippen LogP contribution in [-0.2, 0) is 15.6 Å². The molecule has 0 saturated heterocycles. The van der Waals surface area contributed by atoms with E-state index in [4.69, 9.17) is 4.74 Å². The Balaban J connectivity index is 1.87. The van der Waals surface area contributed by atoms with E-state index in [0.29, 0.717) is 4.88 Å². The van der Waals surface area contributed by atoms with E-state index in [2.05, 4.69) is 4.72 Å². The summed E-state index contributed by atoms with van der Waals surface area (Å²) in [5, 5.41) is 11.9. The van der Waals surface area contributed by atoms with Crippen molar-refractivity contribution in [2.45, 2.75) is 31.3 Å². The number of sulfonamides is 1. The molecular formula is C20H23NO4S2. The largest absolute Gasteiger partial charge is 0.495 e. The number of nitrogens with one attached hydrogen (secondary N) is 1. The molecule has 0 bridgehead atoms. The topological polar surface area (TPSA) is 75.6 Å². The molecule has 0 spiro atoms. The standard InChI is InChI=1S/C20H23NO4S2/c1-13-9-16(25-4)18(10-14(13)2)27(23,24)21-12-20(3,22)19-11-15-7-5-6-8-17(15)26-19/h5-11,21-22H,12H2,1-4H3. The van der Waals surface area contributed by atoms with Gasteiger partial charge in [0.05, 0.1) is 7.11 Å². The van der Waals surface area contributed by atoms with Gasteiger partial charge in [0.1, 0.15) is 16.2 Å². The fourth-order valence-electron chi connectivity index (χ4n) is 2.78. The van der Waals surface area contributed by atoms with Gasteiger partial charge in [-0.25, -0.2) is 13.1 Å². The molecule has 1 atom stereocenters. The molecule has 27 heavy (non-hydrogen) atoms. The van der Waals surface area contributed by atoms with Gasteiger partial charge in [0.25, 0.3) is 0 Å². The lowest BCUT2D eigenvalue weighted by Crippen LogP contribution is -2.38. The van der Waals surface area contributed by atoms with Gasteiger partial charge in [-0.15, -0.1) is 11.3 Å². The van der Waals surface area contributed by atoms with Crippen LogP contribution in [0, 0.1) is 13.8 Å². The Morgan fingerprint density at radius 1 is 1.15 bits per heavy atom. The molecule has 0 radical (unpaired) electrons. The first kappa shape index (κ1) is 19.8. The Morgan fingerprint density at radius 3 is 2.48 bits per heavy atom. The van der Waals surface area contributed by atoms with Crippen molar-refractivity contribution in [1.82, 2.24) is 4.72 Å². The summed E-state index contributed by atoms with van der Waals surface area (Å²) in [4.78, 5) is 0.777. The van der Waals surface area contributed by atoms with Crippen molar-refractivity contribution in [1.29, 1.82) is 0 Å². The first-order valence-corrected chi connectivity index (χ1v) is 10.8. The zero-order valence-electron chi connectivity index (χ0n) is 15.7. The summed E-state index contributed by atoms with van der Waals surface area (Å²) in [5.74, 6) is 0.284. The van der Waals surface area contributed by atoms with E-state index < -0.39 is 15.6 Å². The van der Waals surface area contributed by atoms with Crippen molar-refractivity contribution in [2.75, 3.05) is 13.7 Å². The third-order valence-electron chi connectivity index (χ3n) is 4.63. The van der Waals surface area contributed by atoms with Crippen molar-refractivity contribution < 1.29 is 18.3 Å². The minimum atomic E-state index is -3.84. The highest BCUT2D eigenvalue weighted by Crippen LogP contribution is 2.33. The number of rotatable bonds is 6. The van der Waals surface area contributed by atoms with E-state index in [0.717, 1.165) is 21.2 Å². The number of ether oxygens (including phenoxy) is 1. The predicted molar refractivity (Wildman–Crippen MR) is 109 cm³/mol. The molecule has 2 N–H and O–H groups in total. The van der Waals surface area contributed by atoms with Crippen LogP contribution < -0.4 is 9.46 Å². The van der Waals surface area contributed by atoms with Crippen LogP contribution in [-0.4, -0.2) is 27.2 Å². The lowest BCUT2D eigenvalue weighted by Gasteiger charge is -2.23. The van der Waals surface area contributed by atoms with Crippen molar-refractivity contribution in [3.8, 4) is 5.75 Å². The lowest BCUT2D eigenvalue weighted by atomic mass is 10.1. The number of benzene rings is 2. The second kappa shape index (κ2) is 7.24. The van der Waals surface area contributed by atoms with Crippen LogP contribution >= 0.6 is 11.3 Å². The molecule has 3 rings (SSSR count). The molecule has 3 aromatic rings. The van der Waals surface area contributed by atoms with Crippen molar-refractivity contribution >= 4 is 31.4 Å². The minimum absolute atomic E-state index is 0.0697. The fraction of sp³-hybridized carbons (Fsp3) is 0.300. The summed E-state index contributed by atoms with van der Waals surface area (Å²) < 4.78 is 34.5. The molecule has 1 aromatic heterocycles. The Kier molecular flexibility index (Phi) is 5.31. The van der Waals surface area contributed by atoms with Crippen molar-refractivity contribution in [2.24, 2.45) is 0 Å². The number of methoxy groups -OCH3 is 1. The summed E-state index contributed by atoms with van der Waals surface area (Å²) in [6, 6.07) is 13.0. The van der Waals surface area contributed by atoms with Gasteiger partial charge < -0.3 is 9.84 Å². The van der Waals surface area contributed by atoms with E-state index in [1.165, 1.54) is 18.4 Å². The highest BCUT2D eigenvalue weighted by atomic mass is 32.2. The molecule has 1 unspecified atom stereocenters. The Bertz CT molecular complexity index is 1050. The van der Waals surface area contributed by atoms with E-state index in [1.807, 2.05) is 44.2 Å². The SMILES string of the molecule is COc1cc(C)c(C)cc1S(=O)(=O)NCC(C)(O)c1cc2ccccc2s1. The van der Waals surface area contributed by atoms with Gasteiger partial charge in [-0.2, -0.15) is 0 Å². The zero-order chi connectivity index (χ0) is 19.8. The summed E-state index contributed by atoms with van der Waals surface area (Å²) in [6.45, 7) is 5.21. The summed E-state index contributed by atoms with van der Waals surface area (Å²) in [5.41, 5.74) is 0.472. The molecule has 0 saturated carbocycles. The molecule has 0 fully saturated rings. The third kappa shape index (κ3) is 4.01. The molecule has 1 heterocycles. The molecule has 5 nitrogen and oxygen atoms in total. The molecule has 0 aliphatic heterocycles. The molecule has 0 aliphatic carbocycles. The van der Waals surface area contributed by atoms with Crippen LogP contribution in [0.2, 0.25) is 0 Å². The number of aliphatic hydroxyl groups is 1. The molecular weight excluding hydrogens is 382 g/mol. The van der Waals surface area contributed by atoms with Crippen LogP contribution in [0.4, 0.5) is 0 Å². The quantitative estimate of drug-likeness (QED) is 0.655. The minimum Gasteiger partial charge on any atom is -0.495 e. The number of hydrogen-bond acceptors (Lipinski definition) is 5.